The van der Waals surface area contributed by atoms with Crippen LogP contribution >= 0.6 is 11.6 Å². The highest BCUT2D eigenvalue weighted by molar-refractivity contribution is 6.31. The van der Waals surface area contributed by atoms with Gasteiger partial charge in [-0.3, -0.25) is 10.2 Å². The zero-order valence-corrected chi connectivity index (χ0v) is 12.7. The molecule has 0 amide bonds. The van der Waals surface area contributed by atoms with E-state index in [-0.39, 0.29) is 0 Å². The molecule has 3 N–H and O–H groups in total. The van der Waals surface area contributed by atoms with Crippen molar-refractivity contribution in [2.75, 3.05) is 12.4 Å². The van der Waals surface area contributed by atoms with Gasteiger partial charge in [-0.05, 0) is 35.7 Å². The van der Waals surface area contributed by atoms with Gasteiger partial charge in [0, 0.05) is 27.7 Å². The van der Waals surface area contributed by atoms with E-state index in [0.717, 1.165) is 44.3 Å². The van der Waals surface area contributed by atoms with Gasteiger partial charge in [0.2, 0.25) is 0 Å². The fraction of sp³-hybridized carbons (Fsp3) is 0.0588. The van der Waals surface area contributed by atoms with Gasteiger partial charge in [-0.25, -0.2) is 0 Å². The molecule has 1 heterocycles. The maximum absolute atomic E-state index is 6.07. The van der Waals surface area contributed by atoms with Crippen molar-refractivity contribution in [2.24, 2.45) is 0 Å². The van der Waals surface area contributed by atoms with Gasteiger partial charge in [0.05, 0.1) is 12.8 Å². The first-order chi connectivity index (χ1) is 10.7. The Morgan fingerprint density at radius 2 is 1.95 bits per heavy atom. The van der Waals surface area contributed by atoms with Crippen LogP contribution in [0.25, 0.3) is 22.0 Å². The molecule has 2 aromatic rings. The number of H-pyrrole nitrogens is 2. The number of halogens is 1. The average molecular weight is 312 g/mol. The Kier molecular flexibility index (Phi) is 2.98. The molecule has 1 aliphatic carbocycles. The Labute approximate surface area is 132 Å². The van der Waals surface area contributed by atoms with Crippen molar-refractivity contribution in [3.05, 3.63) is 53.6 Å². The van der Waals surface area contributed by atoms with Crippen LogP contribution in [0.2, 0.25) is 5.02 Å². The number of rotatable bonds is 3. The number of hydrogen-bond acceptors (Lipinski definition) is 2. The molecular weight excluding hydrogens is 298 g/mol. The smallest absolute Gasteiger partial charge is 0.132 e. The normalized spacial score (nSPS) is 11.2. The zero-order valence-electron chi connectivity index (χ0n) is 11.9. The Morgan fingerprint density at radius 3 is 2.82 bits per heavy atom. The quantitative estimate of drug-likeness (QED) is 0.498. The standard InChI is InChI=1S/C17H14ClN3O/c1-22-13-4-2-3-12(9-13)19-17-15-8-10-7-11(18)5-6-14(10)16(15)20-21-17/h2-9,19-21H,1H3. The highest BCUT2D eigenvalue weighted by atomic mass is 35.5. The molecule has 0 atom stereocenters. The molecule has 0 unspecified atom stereocenters. The largest absolute Gasteiger partial charge is 0.497 e. The highest BCUT2D eigenvalue weighted by Crippen LogP contribution is 2.39. The number of benzene rings is 2. The van der Waals surface area contributed by atoms with Crippen molar-refractivity contribution >= 4 is 33.9 Å². The SMILES string of the molecule is COc1cccc(Nc2[nH][nH]c3c4ccc(Cl)cc4cc2-3)c1. The Morgan fingerprint density at radius 1 is 1.05 bits per heavy atom. The molecule has 0 fully saturated rings. The molecule has 0 radical (unpaired) electrons. The van der Waals surface area contributed by atoms with Crippen molar-refractivity contribution in [3.8, 4) is 17.0 Å². The summed E-state index contributed by atoms with van der Waals surface area (Å²) in [5.41, 5.74) is 3.12. The molecular formula is C17H14ClN3O. The van der Waals surface area contributed by atoms with E-state index in [2.05, 4.69) is 21.6 Å². The van der Waals surface area contributed by atoms with E-state index in [0.29, 0.717) is 0 Å². The minimum Gasteiger partial charge on any atom is -0.497 e. The van der Waals surface area contributed by atoms with Crippen LogP contribution < -0.4 is 10.1 Å². The van der Waals surface area contributed by atoms with Crippen LogP contribution in [0.1, 0.15) is 0 Å². The third-order valence-corrected chi connectivity index (χ3v) is 4.01. The first-order valence-electron chi connectivity index (χ1n) is 6.94. The lowest BCUT2D eigenvalue weighted by atomic mass is 10.2. The van der Waals surface area contributed by atoms with E-state index in [1.165, 1.54) is 0 Å². The van der Waals surface area contributed by atoms with Crippen LogP contribution in [0.5, 0.6) is 5.75 Å². The molecule has 0 spiro atoms. The maximum atomic E-state index is 6.07. The number of ether oxygens (including phenoxy) is 1. The number of nitrogens with one attached hydrogen (secondary N) is 3. The zero-order chi connectivity index (χ0) is 15.1. The van der Waals surface area contributed by atoms with Crippen LogP contribution in [0, 0.1) is 0 Å². The first kappa shape index (κ1) is 13.1. The number of aromatic amines is 2. The van der Waals surface area contributed by atoms with Gasteiger partial charge in [-0.15, -0.1) is 0 Å². The molecule has 4 nitrogen and oxygen atoms in total. The summed E-state index contributed by atoms with van der Waals surface area (Å²) in [5.74, 6) is 1.73. The van der Waals surface area contributed by atoms with E-state index in [9.17, 15) is 0 Å². The van der Waals surface area contributed by atoms with E-state index in [4.69, 9.17) is 16.3 Å². The van der Waals surface area contributed by atoms with E-state index >= 15 is 0 Å². The molecule has 0 saturated carbocycles. The Hall–Kier alpha value is -2.59. The lowest BCUT2D eigenvalue weighted by Crippen LogP contribution is -1.92. The lowest BCUT2D eigenvalue weighted by molar-refractivity contribution is 0.415. The number of fused-ring (bicyclic) bond motifs is 3. The average Bonchev–Trinajstić information content (AvgIpc) is 3.07. The predicted octanol–water partition coefficient (Wildman–Crippen LogP) is 5.01. The van der Waals surface area contributed by atoms with Crippen molar-refractivity contribution in [2.45, 2.75) is 0 Å². The second-order valence-corrected chi connectivity index (χ2v) is 5.58. The van der Waals surface area contributed by atoms with Crippen LogP contribution in [0.15, 0.2) is 48.5 Å². The second-order valence-electron chi connectivity index (χ2n) is 5.15. The monoisotopic (exact) mass is 311 g/mol. The van der Waals surface area contributed by atoms with Gasteiger partial charge >= 0.3 is 0 Å². The van der Waals surface area contributed by atoms with Gasteiger partial charge in [0.1, 0.15) is 11.6 Å². The van der Waals surface area contributed by atoms with Crippen molar-refractivity contribution < 1.29 is 4.74 Å². The molecule has 2 aromatic carbocycles. The van der Waals surface area contributed by atoms with E-state index in [1.54, 1.807) is 7.11 Å². The van der Waals surface area contributed by atoms with E-state index < -0.39 is 0 Å². The summed E-state index contributed by atoms with van der Waals surface area (Å²) in [4.78, 5) is 0. The number of methoxy groups -OCH3 is 1. The minimum atomic E-state index is 0.742. The minimum absolute atomic E-state index is 0.742. The molecule has 0 aromatic heterocycles. The van der Waals surface area contributed by atoms with Crippen molar-refractivity contribution in [1.82, 2.24) is 10.2 Å². The molecule has 22 heavy (non-hydrogen) atoms. The topological polar surface area (TPSA) is 52.8 Å². The maximum Gasteiger partial charge on any atom is 0.132 e. The number of anilines is 2. The number of hydrogen-bond donors (Lipinski definition) is 3. The summed E-state index contributed by atoms with van der Waals surface area (Å²) < 4.78 is 5.25. The summed E-state index contributed by atoms with van der Waals surface area (Å²) in [6.07, 6.45) is 0. The first-order valence-corrected chi connectivity index (χ1v) is 7.32. The van der Waals surface area contributed by atoms with Gasteiger partial charge in [-0.2, -0.15) is 0 Å². The summed E-state index contributed by atoms with van der Waals surface area (Å²) in [6.45, 7) is 0. The van der Waals surface area contributed by atoms with Crippen LogP contribution in [-0.2, 0) is 0 Å². The van der Waals surface area contributed by atoms with Gasteiger partial charge < -0.3 is 10.1 Å². The van der Waals surface area contributed by atoms with Gasteiger partial charge in [0.15, 0.2) is 0 Å². The predicted molar refractivity (Wildman–Crippen MR) is 90.6 cm³/mol. The third kappa shape index (κ3) is 2.09. The fourth-order valence-electron chi connectivity index (χ4n) is 2.72. The summed E-state index contributed by atoms with van der Waals surface area (Å²) in [6, 6.07) is 15.8. The second kappa shape index (κ2) is 5.00. The molecule has 0 saturated heterocycles. The molecule has 5 heteroatoms. The third-order valence-electron chi connectivity index (χ3n) is 3.77. The van der Waals surface area contributed by atoms with Crippen LogP contribution in [0.4, 0.5) is 11.5 Å². The molecule has 2 aliphatic rings. The van der Waals surface area contributed by atoms with Crippen LogP contribution in [-0.4, -0.2) is 17.3 Å². The summed E-state index contributed by atoms with van der Waals surface area (Å²) >= 11 is 6.07. The Bertz CT molecular complexity index is 925. The number of aromatic nitrogens is 2. The lowest BCUT2D eigenvalue weighted by Gasteiger charge is -2.06. The molecule has 0 bridgehead atoms. The Balaban J connectivity index is 1.75. The van der Waals surface area contributed by atoms with Gasteiger partial charge in [-0.1, -0.05) is 23.7 Å². The fourth-order valence-corrected chi connectivity index (χ4v) is 2.90. The van der Waals surface area contributed by atoms with Crippen molar-refractivity contribution in [3.63, 3.8) is 0 Å². The highest BCUT2D eigenvalue weighted by Gasteiger charge is 2.17. The summed E-state index contributed by atoms with van der Waals surface area (Å²) in [5, 5.41) is 12.8. The molecule has 110 valence electrons. The molecule has 4 rings (SSSR count). The van der Waals surface area contributed by atoms with Crippen LogP contribution in [0.3, 0.4) is 0 Å². The van der Waals surface area contributed by atoms with Crippen molar-refractivity contribution in [1.29, 1.82) is 0 Å². The van der Waals surface area contributed by atoms with Gasteiger partial charge in [0.25, 0.3) is 0 Å². The van der Waals surface area contributed by atoms with E-state index in [1.807, 2.05) is 42.5 Å². The molecule has 1 aliphatic heterocycles. The summed E-state index contributed by atoms with van der Waals surface area (Å²) in [7, 11) is 1.66.